The zero-order valence-corrected chi connectivity index (χ0v) is 31.3. The minimum atomic E-state index is -4.89. The molecule has 0 aliphatic carbocycles. The number of phenols is 1. The highest BCUT2D eigenvalue weighted by atomic mass is 35.5. The van der Waals surface area contributed by atoms with Gasteiger partial charge in [-0.3, -0.25) is 14.5 Å². The molecule has 0 atom stereocenters. The predicted molar refractivity (Wildman–Crippen MR) is 199 cm³/mol. The van der Waals surface area contributed by atoms with Gasteiger partial charge in [0.05, 0.1) is 33.4 Å². The fourth-order valence-corrected chi connectivity index (χ4v) is 6.84. The minimum absolute atomic E-state index is 0.00806. The summed E-state index contributed by atoms with van der Waals surface area (Å²) < 4.78 is 93.6. The van der Waals surface area contributed by atoms with Crippen LogP contribution in [0.15, 0.2) is 116 Å². The molecule has 292 valence electrons. The van der Waals surface area contributed by atoms with Crippen molar-refractivity contribution in [2.24, 2.45) is 15.3 Å². The first-order valence-electron chi connectivity index (χ1n) is 15.5. The van der Waals surface area contributed by atoms with Gasteiger partial charge in [-0.05, 0) is 53.6 Å². The number of carbonyl (C=O) groups is 1. The third-order valence-corrected chi connectivity index (χ3v) is 10.4. The topological polar surface area (TPSA) is 309 Å². The van der Waals surface area contributed by atoms with E-state index in [1.807, 2.05) is 0 Å². The maximum Gasteiger partial charge on any atom is 0.397 e. The number of carboxylic acid groups (broad SMARTS) is 1. The number of hydrogen-bond donors (Lipinski definition) is 6. The number of phenolic OH excluding ortho intramolecular Hbond substituents is 1. The van der Waals surface area contributed by atoms with Gasteiger partial charge in [0.2, 0.25) is 17.1 Å². The smallest absolute Gasteiger partial charge is 0.397 e. The summed E-state index contributed by atoms with van der Waals surface area (Å²) >= 11 is 6.13. The molecule has 56 heavy (non-hydrogen) atoms. The van der Waals surface area contributed by atoms with Gasteiger partial charge in [-0.1, -0.05) is 54.6 Å². The first kappa shape index (κ1) is 41.2. The van der Waals surface area contributed by atoms with Crippen LogP contribution in [0.5, 0.6) is 5.75 Å². The molecule has 20 nitrogen and oxygen atoms in total. The molecule has 0 saturated heterocycles. The van der Waals surface area contributed by atoms with E-state index in [0.717, 1.165) is 12.1 Å². The van der Waals surface area contributed by atoms with Crippen LogP contribution in [-0.2, 0) is 41.0 Å². The summed E-state index contributed by atoms with van der Waals surface area (Å²) in [6.45, 7) is -0.804. The molecule has 0 radical (unpaired) electrons. The number of nitrogens with zero attached hydrogens (tertiary/aromatic N) is 6. The Morgan fingerprint density at radius 3 is 2.14 bits per heavy atom. The van der Waals surface area contributed by atoms with E-state index in [1.54, 1.807) is 36.4 Å². The number of aromatic nitrogens is 3. The molecular formula is C32H27ClN8O12S3. The number of sulfone groups is 1. The minimum Gasteiger partial charge on any atom is -0.504 e. The van der Waals surface area contributed by atoms with Gasteiger partial charge >= 0.3 is 16.4 Å². The molecule has 0 fully saturated rings. The van der Waals surface area contributed by atoms with E-state index in [2.05, 4.69) is 45.2 Å². The van der Waals surface area contributed by atoms with Gasteiger partial charge in [0.15, 0.2) is 15.6 Å². The number of hydrogen-bond acceptors (Lipinski definition) is 16. The maximum absolute atomic E-state index is 12.5. The van der Waals surface area contributed by atoms with Gasteiger partial charge in [-0.2, -0.15) is 31.9 Å². The lowest BCUT2D eigenvalue weighted by molar-refractivity contribution is 0.0697. The summed E-state index contributed by atoms with van der Waals surface area (Å²) in [6, 6.07) is 21.1. The van der Waals surface area contributed by atoms with Gasteiger partial charge < -0.3 is 15.5 Å². The second-order valence-electron chi connectivity index (χ2n) is 11.1. The Kier molecular flexibility index (Phi) is 12.7. The summed E-state index contributed by atoms with van der Waals surface area (Å²) in [5.41, 5.74) is 2.53. The van der Waals surface area contributed by atoms with Gasteiger partial charge in [0.25, 0.3) is 10.1 Å². The number of azo groups is 1. The van der Waals surface area contributed by atoms with Gasteiger partial charge in [0.1, 0.15) is 17.2 Å². The lowest BCUT2D eigenvalue weighted by Gasteiger charge is -2.13. The molecule has 0 bridgehead atoms. The maximum atomic E-state index is 12.5. The van der Waals surface area contributed by atoms with Crippen molar-refractivity contribution in [1.29, 1.82) is 0 Å². The molecular weight excluding hydrogens is 820 g/mol. The standard InChI is InChI=1S/C32H27ClN8O12S3/c33-31-35-27(16-19-10-12-21(13-11-19)54(45,46)15-14-53-56(50,51)52)36-32(37-31)34-25-17-22(55(47,48)49)18-26(28(25)42)39-41-29(20-6-2-1-3-7-20)40-38-24-9-5-4-8-23(24)30(43)44/h1-13,17-18,39,42H,14-16H2,(H,43,44)(H,47,48,49)(H,50,51,52)(H,34,35,36,37). The Balaban J connectivity index is 1.42. The molecule has 5 rings (SSSR count). The van der Waals surface area contributed by atoms with Crippen LogP contribution in [0, 0.1) is 0 Å². The van der Waals surface area contributed by atoms with E-state index in [-0.39, 0.29) is 56.8 Å². The highest BCUT2D eigenvalue weighted by Crippen LogP contribution is 2.37. The molecule has 0 aliphatic heterocycles. The van der Waals surface area contributed by atoms with Crippen molar-refractivity contribution in [2.45, 2.75) is 16.2 Å². The van der Waals surface area contributed by atoms with Crippen molar-refractivity contribution in [1.82, 2.24) is 15.0 Å². The zero-order valence-electron chi connectivity index (χ0n) is 28.1. The Bertz CT molecular complexity index is 2670. The lowest BCUT2D eigenvalue weighted by Crippen LogP contribution is -2.15. The Morgan fingerprint density at radius 2 is 1.48 bits per heavy atom. The van der Waals surface area contributed by atoms with Gasteiger partial charge in [-0.25, -0.2) is 22.4 Å². The van der Waals surface area contributed by atoms with Crippen molar-refractivity contribution < 1.29 is 53.5 Å². The van der Waals surface area contributed by atoms with Crippen molar-refractivity contribution in [3.8, 4) is 5.75 Å². The highest BCUT2D eigenvalue weighted by Gasteiger charge is 2.20. The number of amidine groups is 1. The average Bonchev–Trinajstić information content (AvgIpc) is 3.12. The molecule has 24 heteroatoms. The molecule has 6 N–H and O–H groups in total. The number of nitrogens with one attached hydrogen (secondary N) is 2. The van der Waals surface area contributed by atoms with Gasteiger partial charge in [0, 0.05) is 12.0 Å². The zero-order chi connectivity index (χ0) is 40.7. The molecule has 0 spiro atoms. The van der Waals surface area contributed by atoms with E-state index in [9.17, 15) is 44.8 Å². The summed E-state index contributed by atoms with van der Waals surface area (Å²) in [7, 11) is -13.7. The monoisotopic (exact) mass is 846 g/mol. The third-order valence-electron chi connectivity index (χ3n) is 7.21. The SMILES string of the molecule is O=C(O)c1ccccc1N=NC(=NNc1cc(S(=O)(=O)O)cc(Nc2nc(Cl)nc(Cc3ccc(S(=O)(=O)CCOS(=O)(=O)O)cc3)n2)c1O)c1ccccc1. The van der Waals surface area contributed by atoms with Crippen LogP contribution in [0.2, 0.25) is 5.28 Å². The van der Waals surface area contributed by atoms with E-state index in [0.29, 0.717) is 11.1 Å². The summed E-state index contributed by atoms with van der Waals surface area (Å²) in [4.78, 5) is 23.0. The van der Waals surface area contributed by atoms with Gasteiger partial charge in [-0.15, -0.1) is 10.2 Å². The van der Waals surface area contributed by atoms with Crippen LogP contribution in [0.1, 0.15) is 27.3 Å². The van der Waals surface area contributed by atoms with E-state index >= 15 is 0 Å². The number of hydrazone groups is 1. The summed E-state index contributed by atoms with van der Waals surface area (Å²) in [6.07, 6.45) is -0.0323. The number of anilines is 3. The predicted octanol–water partition coefficient (Wildman–Crippen LogP) is 4.66. The molecule has 0 saturated carbocycles. The summed E-state index contributed by atoms with van der Waals surface area (Å²) in [5.74, 6) is -2.99. The first-order valence-corrected chi connectivity index (χ1v) is 20.3. The average molecular weight is 847 g/mol. The second-order valence-corrected chi connectivity index (χ2v) is 16.1. The normalized spacial score (nSPS) is 12.4. The van der Waals surface area contributed by atoms with Crippen LogP contribution in [0.3, 0.4) is 0 Å². The molecule has 1 aromatic heterocycles. The number of halogens is 1. The molecule has 1 heterocycles. The fraction of sp³-hybridized carbons (Fsp3) is 0.0938. The van der Waals surface area contributed by atoms with E-state index in [1.165, 1.54) is 42.5 Å². The quantitative estimate of drug-likeness (QED) is 0.0208. The Hall–Kier alpha value is -5.95. The number of aromatic hydroxyl groups is 1. The van der Waals surface area contributed by atoms with Crippen molar-refractivity contribution >= 4 is 76.8 Å². The molecule has 5 aromatic rings. The number of aromatic carboxylic acids is 1. The first-order chi connectivity index (χ1) is 26.4. The Morgan fingerprint density at radius 1 is 0.821 bits per heavy atom. The van der Waals surface area contributed by atoms with Crippen LogP contribution < -0.4 is 10.7 Å². The van der Waals surface area contributed by atoms with Crippen LogP contribution >= 0.6 is 11.6 Å². The number of carboxylic acids is 1. The van der Waals surface area contributed by atoms with E-state index < -0.39 is 59.3 Å². The van der Waals surface area contributed by atoms with Crippen LogP contribution in [0.25, 0.3) is 0 Å². The van der Waals surface area contributed by atoms with Crippen LogP contribution in [-0.4, -0.2) is 83.7 Å². The number of benzene rings is 4. The molecule has 0 aliphatic rings. The Labute approximate surface area is 323 Å². The van der Waals surface area contributed by atoms with Crippen molar-refractivity contribution in [2.75, 3.05) is 23.1 Å². The second kappa shape index (κ2) is 17.2. The number of rotatable bonds is 15. The van der Waals surface area contributed by atoms with Crippen molar-refractivity contribution in [3.05, 3.63) is 119 Å². The lowest BCUT2D eigenvalue weighted by atomic mass is 10.1. The highest BCUT2D eigenvalue weighted by molar-refractivity contribution is 7.91. The fourth-order valence-electron chi connectivity index (χ4n) is 4.64. The van der Waals surface area contributed by atoms with Crippen molar-refractivity contribution in [3.63, 3.8) is 0 Å². The third kappa shape index (κ3) is 11.3. The largest absolute Gasteiger partial charge is 0.504 e. The molecule has 0 amide bonds. The molecule has 0 unspecified atom stereocenters. The van der Waals surface area contributed by atoms with E-state index in [4.69, 9.17) is 16.2 Å². The van der Waals surface area contributed by atoms with Crippen LogP contribution in [0.4, 0.5) is 23.0 Å². The summed E-state index contributed by atoms with van der Waals surface area (Å²) in [5, 5.41) is 35.3. The molecule has 4 aromatic carbocycles.